The summed E-state index contributed by atoms with van der Waals surface area (Å²) in [5.41, 5.74) is 0.840. The number of rotatable bonds is 6. The van der Waals surface area contributed by atoms with Crippen molar-refractivity contribution in [3.8, 4) is 17.2 Å². The second-order valence-corrected chi connectivity index (χ2v) is 5.46. The van der Waals surface area contributed by atoms with Crippen LogP contribution >= 0.6 is 0 Å². The Kier molecular flexibility index (Phi) is 4.75. The maximum atomic E-state index is 12.6. The normalized spacial score (nSPS) is 13.9. The van der Waals surface area contributed by atoms with Crippen LogP contribution in [0, 0.1) is 0 Å². The quantitative estimate of drug-likeness (QED) is 0.632. The minimum Gasteiger partial charge on any atom is -0.497 e. The molecule has 2 aromatic carbocycles. The van der Waals surface area contributed by atoms with Crippen LogP contribution in [0.15, 0.2) is 54.8 Å². The lowest BCUT2D eigenvalue weighted by Crippen LogP contribution is -2.01. The number of carbonyl (C=O) groups excluding carboxylic acids is 1. The van der Waals surface area contributed by atoms with E-state index in [1.54, 1.807) is 30.4 Å². The topological polar surface area (TPSA) is 82.1 Å². The maximum absolute atomic E-state index is 12.6. The SMILES string of the molecule is C=CCOc1ccc(OC)cc1C=C1Oc2ccc(C(=O)O)cc2C1=O. The number of ketones is 1. The molecular weight excluding hydrogens is 336 g/mol. The van der Waals surface area contributed by atoms with Crippen LogP contribution in [0.5, 0.6) is 17.2 Å². The van der Waals surface area contributed by atoms with Crippen LogP contribution in [-0.4, -0.2) is 30.6 Å². The van der Waals surface area contributed by atoms with Crippen LogP contribution in [0.4, 0.5) is 0 Å². The highest BCUT2D eigenvalue weighted by Gasteiger charge is 2.28. The number of hydrogen-bond acceptors (Lipinski definition) is 5. The van der Waals surface area contributed by atoms with Gasteiger partial charge in [0.15, 0.2) is 5.76 Å². The average Bonchev–Trinajstić information content (AvgIpc) is 2.95. The summed E-state index contributed by atoms with van der Waals surface area (Å²) in [4.78, 5) is 23.7. The Morgan fingerprint density at radius 2 is 2.08 bits per heavy atom. The van der Waals surface area contributed by atoms with Crippen LogP contribution in [0.1, 0.15) is 26.3 Å². The molecule has 1 heterocycles. The second kappa shape index (κ2) is 7.14. The lowest BCUT2D eigenvalue weighted by Gasteiger charge is -2.09. The van der Waals surface area contributed by atoms with Crippen molar-refractivity contribution in [1.29, 1.82) is 0 Å². The van der Waals surface area contributed by atoms with Crippen molar-refractivity contribution >= 4 is 17.8 Å². The Balaban J connectivity index is 1.99. The zero-order chi connectivity index (χ0) is 18.7. The smallest absolute Gasteiger partial charge is 0.335 e. The van der Waals surface area contributed by atoms with Gasteiger partial charge >= 0.3 is 5.97 Å². The fourth-order valence-corrected chi connectivity index (χ4v) is 2.51. The molecule has 3 rings (SSSR count). The summed E-state index contributed by atoms with van der Waals surface area (Å²) in [6.45, 7) is 3.92. The minimum atomic E-state index is -1.11. The van der Waals surface area contributed by atoms with E-state index in [0.29, 0.717) is 29.4 Å². The summed E-state index contributed by atoms with van der Waals surface area (Å²) in [6.07, 6.45) is 3.16. The van der Waals surface area contributed by atoms with Crippen LogP contribution in [-0.2, 0) is 0 Å². The molecule has 0 amide bonds. The van der Waals surface area contributed by atoms with Gasteiger partial charge < -0.3 is 19.3 Å². The maximum Gasteiger partial charge on any atom is 0.335 e. The molecule has 0 aromatic heterocycles. The molecular formula is C20H16O6. The summed E-state index contributed by atoms with van der Waals surface area (Å²) < 4.78 is 16.4. The van der Waals surface area contributed by atoms with Gasteiger partial charge in [0.1, 0.15) is 23.9 Å². The van der Waals surface area contributed by atoms with E-state index in [1.807, 2.05) is 0 Å². The number of fused-ring (bicyclic) bond motifs is 1. The molecule has 0 saturated heterocycles. The zero-order valence-electron chi connectivity index (χ0n) is 14.0. The number of carboxylic acid groups (broad SMARTS) is 1. The third kappa shape index (κ3) is 3.30. The number of carboxylic acids is 1. The minimum absolute atomic E-state index is 0.0262. The molecule has 0 aliphatic carbocycles. The molecule has 6 heteroatoms. The van der Waals surface area contributed by atoms with Gasteiger partial charge in [0.25, 0.3) is 0 Å². The standard InChI is InChI=1S/C20H16O6/c1-3-8-25-16-7-5-14(24-2)9-13(16)11-18-19(21)15-10-12(20(22)23)4-6-17(15)26-18/h3-7,9-11H,1,8H2,2H3,(H,22,23). The van der Waals surface area contributed by atoms with Crippen LogP contribution in [0.25, 0.3) is 6.08 Å². The molecule has 0 atom stereocenters. The Morgan fingerprint density at radius 1 is 1.27 bits per heavy atom. The highest BCUT2D eigenvalue weighted by atomic mass is 16.5. The highest BCUT2D eigenvalue weighted by molar-refractivity contribution is 6.15. The molecule has 1 N–H and O–H groups in total. The summed E-state index contributed by atoms with van der Waals surface area (Å²) in [7, 11) is 1.54. The fraction of sp³-hybridized carbons (Fsp3) is 0.100. The summed E-state index contributed by atoms with van der Waals surface area (Å²) in [5, 5.41) is 9.07. The first-order valence-corrected chi connectivity index (χ1v) is 7.77. The number of benzene rings is 2. The van der Waals surface area contributed by atoms with Gasteiger partial charge in [0.05, 0.1) is 18.2 Å². The molecule has 0 spiro atoms. The number of aromatic carboxylic acids is 1. The first kappa shape index (κ1) is 17.3. The first-order chi connectivity index (χ1) is 12.5. The third-order valence-electron chi connectivity index (χ3n) is 3.78. The molecule has 1 aliphatic rings. The molecule has 26 heavy (non-hydrogen) atoms. The molecule has 1 aliphatic heterocycles. The van der Waals surface area contributed by atoms with E-state index in [-0.39, 0.29) is 22.7 Å². The summed E-state index contributed by atoms with van der Waals surface area (Å²) in [5.74, 6) is 0.0455. The lowest BCUT2D eigenvalue weighted by atomic mass is 10.1. The second-order valence-electron chi connectivity index (χ2n) is 5.46. The predicted octanol–water partition coefficient (Wildman–Crippen LogP) is 3.57. The van der Waals surface area contributed by atoms with Crippen LogP contribution in [0.3, 0.4) is 0 Å². The van der Waals surface area contributed by atoms with E-state index in [9.17, 15) is 9.59 Å². The summed E-state index contributed by atoms with van der Waals surface area (Å²) >= 11 is 0. The fourth-order valence-electron chi connectivity index (χ4n) is 2.51. The molecule has 0 saturated carbocycles. The molecule has 132 valence electrons. The zero-order valence-corrected chi connectivity index (χ0v) is 14.0. The van der Waals surface area contributed by atoms with E-state index >= 15 is 0 Å². The molecule has 6 nitrogen and oxygen atoms in total. The van der Waals surface area contributed by atoms with Crippen molar-refractivity contribution in [1.82, 2.24) is 0 Å². The van der Waals surface area contributed by atoms with Crippen molar-refractivity contribution in [2.24, 2.45) is 0 Å². The van der Waals surface area contributed by atoms with Crippen molar-refractivity contribution in [2.45, 2.75) is 0 Å². The van der Waals surface area contributed by atoms with Crippen molar-refractivity contribution < 1.29 is 28.9 Å². The van der Waals surface area contributed by atoms with Crippen LogP contribution < -0.4 is 14.2 Å². The predicted molar refractivity (Wildman–Crippen MR) is 95.0 cm³/mol. The van der Waals surface area contributed by atoms with Crippen molar-refractivity contribution in [3.63, 3.8) is 0 Å². The average molecular weight is 352 g/mol. The van der Waals surface area contributed by atoms with Crippen LogP contribution in [0.2, 0.25) is 0 Å². The van der Waals surface area contributed by atoms with E-state index < -0.39 is 5.97 Å². The van der Waals surface area contributed by atoms with Gasteiger partial charge in [0, 0.05) is 5.56 Å². The monoisotopic (exact) mass is 352 g/mol. The van der Waals surface area contributed by atoms with Gasteiger partial charge in [0.2, 0.25) is 5.78 Å². The number of Topliss-reactive ketones (excluding diaryl/α,β-unsaturated/α-hetero) is 1. The number of ether oxygens (including phenoxy) is 3. The first-order valence-electron chi connectivity index (χ1n) is 7.77. The van der Waals surface area contributed by atoms with E-state index in [2.05, 4.69) is 6.58 Å². The van der Waals surface area contributed by atoms with Gasteiger partial charge in [-0.1, -0.05) is 12.7 Å². The van der Waals surface area contributed by atoms with Crippen molar-refractivity contribution in [3.05, 3.63) is 71.5 Å². The molecule has 0 unspecified atom stereocenters. The van der Waals surface area contributed by atoms with Gasteiger partial charge in [-0.3, -0.25) is 4.79 Å². The molecule has 2 aromatic rings. The summed E-state index contributed by atoms with van der Waals surface area (Å²) in [6, 6.07) is 9.35. The highest BCUT2D eigenvalue weighted by Crippen LogP contribution is 2.34. The van der Waals surface area contributed by atoms with Gasteiger partial charge in [-0.2, -0.15) is 0 Å². The number of carbonyl (C=O) groups is 2. The van der Waals surface area contributed by atoms with Crippen molar-refractivity contribution in [2.75, 3.05) is 13.7 Å². The number of allylic oxidation sites excluding steroid dienone is 1. The van der Waals surface area contributed by atoms with Gasteiger partial charge in [-0.05, 0) is 42.5 Å². The Labute approximate surface area is 149 Å². The molecule has 0 fully saturated rings. The molecule has 0 bridgehead atoms. The van der Waals surface area contributed by atoms with E-state index in [0.717, 1.165) is 0 Å². The number of hydrogen-bond donors (Lipinski definition) is 1. The largest absolute Gasteiger partial charge is 0.497 e. The molecule has 0 radical (unpaired) electrons. The van der Waals surface area contributed by atoms with E-state index in [4.69, 9.17) is 19.3 Å². The third-order valence-corrected chi connectivity index (χ3v) is 3.78. The van der Waals surface area contributed by atoms with Gasteiger partial charge in [-0.15, -0.1) is 0 Å². The Bertz CT molecular complexity index is 926. The Hall–Kier alpha value is -3.54. The van der Waals surface area contributed by atoms with E-state index in [1.165, 1.54) is 25.3 Å². The van der Waals surface area contributed by atoms with Gasteiger partial charge in [-0.25, -0.2) is 4.79 Å². The lowest BCUT2D eigenvalue weighted by molar-refractivity contribution is 0.0697. The number of methoxy groups -OCH3 is 1. The Morgan fingerprint density at radius 3 is 2.77 bits per heavy atom.